The van der Waals surface area contributed by atoms with Crippen LogP contribution in [0.4, 0.5) is 0 Å². The van der Waals surface area contributed by atoms with E-state index in [0.717, 1.165) is 40.8 Å². The van der Waals surface area contributed by atoms with Gasteiger partial charge in [0.1, 0.15) is 10.8 Å². The smallest absolute Gasteiger partial charge is 0.144 e. The van der Waals surface area contributed by atoms with E-state index in [2.05, 4.69) is 14.7 Å². The molecule has 0 radical (unpaired) electrons. The Balaban J connectivity index is 2.04. The van der Waals surface area contributed by atoms with Crippen LogP contribution in [0.3, 0.4) is 0 Å². The van der Waals surface area contributed by atoms with E-state index in [0.29, 0.717) is 0 Å². The second-order valence-electron chi connectivity index (χ2n) is 3.73. The first-order valence-electron chi connectivity index (χ1n) is 5.52. The SMILES string of the molecule is CNCCCc1nsc(-c2ccc(Cl)cc2)n1. The molecule has 3 nitrogen and oxygen atoms in total. The minimum atomic E-state index is 0.743. The maximum absolute atomic E-state index is 5.85. The van der Waals surface area contributed by atoms with Gasteiger partial charge < -0.3 is 5.32 Å². The van der Waals surface area contributed by atoms with Gasteiger partial charge in [-0.25, -0.2) is 4.98 Å². The van der Waals surface area contributed by atoms with E-state index in [1.807, 2.05) is 31.3 Å². The number of hydrogen-bond acceptors (Lipinski definition) is 4. The standard InChI is InChI=1S/C12H14ClN3S/c1-14-8-2-3-11-15-12(17-16-11)9-4-6-10(13)7-5-9/h4-7,14H,2-3,8H2,1H3. The number of aryl methyl sites for hydroxylation is 1. The Labute approximate surface area is 110 Å². The Bertz CT molecular complexity index is 467. The van der Waals surface area contributed by atoms with Gasteiger partial charge in [-0.3, -0.25) is 0 Å². The lowest BCUT2D eigenvalue weighted by molar-refractivity contribution is 0.709. The molecular formula is C12H14ClN3S. The number of rotatable bonds is 5. The predicted octanol–water partition coefficient (Wildman–Crippen LogP) is 3.01. The van der Waals surface area contributed by atoms with Crippen LogP contribution >= 0.6 is 23.1 Å². The molecule has 0 aliphatic carbocycles. The zero-order valence-electron chi connectivity index (χ0n) is 9.61. The highest BCUT2D eigenvalue weighted by molar-refractivity contribution is 7.09. The summed E-state index contributed by atoms with van der Waals surface area (Å²) >= 11 is 7.29. The van der Waals surface area contributed by atoms with Crippen molar-refractivity contribution in [2.24, 2.45) is 0 Å². The molecule has 0 saturated heterocycles. The monoisotopic (exact) mass is 267 g/mol. The molecule has 0 aliphatic rings. The van der Waals surface area contributed by atoms with E-state index in [9.17, 15) is 0 Å². The molecule has 0 atom stereocenters. The van der Waals surface area contributed by atoms with Crippen molar-refractivity contribution in [1.82, 2.24) is 14.7 Å². The fourth-order valence-electron chi connectivity index (χ4n) is 1.49. The van der Waals surface area contributed by atoms with Crippen LogP contribution in [0.25, 0.3) is 10.6 Å². The molecule has 5 heteroatoms. The number of hydrogen-bond donors (Lipinski definition) is 1. The average molecular weight is 268 g/mol. The minimum Gasteiger partial charge on any atom is -0.320 e. The Morgan fingerprint density at radius 1 is 1.29 bits per heavy atom. The van der Waals surface area contributed by atoms with E-state index in [4.69, 9.17) is 11.6 Å². The molecule has 17 heavy (non-hydrogen) atoms. The predicted molar refractivity (Wildman–Crippen MR) is 72.6 cm³/mol. The minimum absolute atomic E-state index is 0.743. The van der Waals surface area contributed by atoms with Gasteiger partial charge in [0, 0.05) is 17.0 Å². The van der Waals surface area contributed by atoms with Gasteiger partial charge in [0.15, 0.2) is 0 Å². The molecular weight excluding hydrogens is 254 g/mol. The van der Waals surface area contributed by atoms with E-state index in [1.165, 1.54) is 11.5 Å². The van der Waals surface area contributed by atoms with E-state index in [-0.39, 0.29) is 0 Å². The summed E-state index contributed by atoms with van der Waals surface area (Å²) in [5.74, 6) is 0.926. The fourth-order valence-corrected chi connectivity index (χ4v) is 2.33. The first-order valence-corrected chi connectivity index (χ1v) is 6.68. The summed E-state index contributed by atoms with van der Waals surface area (Å²) < 4.78 is 4.36. The molecule has 0 unspecified atom stereocenters. The Morgan fingerprint density at radius 3 is 2.76 bits per heavy atom. The van der Waals surface area contributed by atoms with Crippen LogP contribution < -0.4 is 5.32 Å². The van der Waals surface area contributed by atoms with Gasteiger partial charge in [-0.15, -0.1) is 0 Å². The van der Waals surface area contributed by atoms with E-state index >= 15 is 0 Å². The highest BCUT2D eigenvalue weighted by Crippen LogP contribution is 2.23. The molecule has 1 heterocycles. The zero-order valence-corrected chi connectivity index (χ0v) is 11.2. The summed E-state index contributed by atoms with van der Waals surface area (Å²) in [6, 6.07) is 7.69. The Kier molecular flexibility index (Phi) is 4.48. The van der Waals surface area contributed by atoms with Crippen molar-refractivity contribution in [3.8, 4) is 10.6 Å². The molecule has 90 valence electrons. The molecule has 0 fully saturated rings. The van der Waals surface area contributed by atoms with Gasteiger partial charge in [-0.2, -0.15) is 4.37 Å². The Hall–Kier alpha value is -0.970. The first-order chi connectivity index (χ1) is 8.29. The largest absolute Gasteiger partial charge is 0.320 e. The van der Waals surface area contributed by atoms with E-state index < -0.39 is 0 Å². The number of nitrogens with zero attached hydrogens (tertiary/aromatic N) is 2. The maximum atomic E-state index is 5.85. The van der Waals surface area contributed by atoms with Crippen molar-refractivity contribution >= 4 is 23.1 Å². The van der Waals surface area contributed by atoms with Crippen molar-refractivity contribution in [1.29, 1.82) is 0 Å². The van der Waals surface area contributed by atoms with Crippen LogP contribution in [0, 0.1) is 0 Å². The highest BCUT2D eigenvalue weighted by atomic mass is 35.5. The van der Waals surface area contributed by atoms with Crippen LogP contribution in [0.5, 0.6) is 0 Å². The quantitative estimate of drug-likeness (QED) is 0.847. The Morgan fingerprint density at radius 2 is 2.06 bits per heavy atom. The van der Waals surface area contributed by atoms with Crippen LogP contribution in [0.15, 0.2) is 24.3 Å². The summed E-state index contributed by atoms with van der Waals surface area (Å²) in [6.07, 6.45) is 1.98. The van der Waals surface area contributed by atoms with E-state index in [1.54, 1.807) is 0 Å². The van der Waals surface area contributed by atoms with Crippen LogP contribution in [0.2, 0.25) is 5.02 Å². The molecule has 0 saturated carbocycles. The van der Waals surface area contributed by atoms with Crippen LogP contribution in [-0.4, -0.2) is 22.9 Å². The fraction of sp³-hybridized carbons (Fsp3) is 0.333. The second kappa shape index (κ2) is 6.10. The van der Waals surface area contributed by atoms with Gasteiger partial charge in [0.2, 0.25) is 0 Å². The van der Waals surface area contributed by atoms with Gasteiger partial charge in [0.25, 0.3) is 0 Å². The molecule has 1 N–H and O–H groups in total. The van der Waals surface area contributed by atoms with Gasteiger partial charge in [-0.1, -0.05) is 23.7 Å². The highest BCUT2D eigenvalue weighted by Gasteiger charge is 2.05. The third kappa shape index (κ3) is 3.49. The number of nitrogens with one attached hydrogen (secondary N) is 1. The molecule has 1 aromatic carbocycles. The van der Waals surface area contributed by atoms with Crippen molar-refractivity contribution in [2.75, 3.05) is 13.6 Å². The van der Waals surface area contributed by atoms with Gasteiger partial charge in [-0.05, 0) is 43.7 Å². The lowest BCUT2D eigenvalue weighted by Gasteiger charge is -1.96. The average Bonchev–Trinajstić information content (AvgIpc) is 2.79. The number of halogens is 1. The van der Waals surface area contributed by atoms with Crippen LogP contribution in [0.1, 0.15) is 12.2 Å². The maximum Gasteiger partial charge on any atom is 0.144 e. The third-order valence-electron chi connectivity index (χ3n) is 2.39. The molecule has 0 amide bonds. The molecule has 0 bridgehead atoms. The summed E-state index contributed by atoms with van der Waals surface area (Å²) in [6.45, 7) is 0.996. The number of aromatic nitrogens is 2. The van der Waals surface area contributed by atoms with Crippen molar-refractivity contribution in [2.45, 2.75) is 12.8 Å². The number of benzene rings is 1. The summed E-state index contributed by atoms with van der Waals surface area (Å²) in [5.41, 5.74) is 1.08. The third-order valence-corrected chi connectivity index (χ3v) is 3.44. The van der Waals surface area contributed by atoms with Crippen LogP contribution in [-0.2, 0) is 6.42 Å². The second-order valence-corrected chi connectivity index (χ2v) is 4.92. The molecule has 0 spiro atoms. The summed E-state index contributed by atoms with van der Waals surface area (Å²) in [5, 5.41) is 4.82. The topological polar surface area (TPSA) is 37.8 Å². The molecule has 1 aromatic heterocycles. The lowest BCUT2D eigenvalue weighted by atomic mass is 10.2. The molecule has 2 rings (SSSR count). The normalized spacial score (nSPS) is 10.7. The molecule has 2 aromatic rings. The van der Waals surface area contributed by atoms with Gasteiger partial charge in [0.05, 0.1) is 0 Å². The summed E-state index contributed by atoms with van der Waals surface area (Å²) in [7, 11) is 1.95. The lowest BCUT2D eigenvalue weighted by Crippen LogP contribution is -2.08. The zero-order chi connectivity index (χ0) is 12.1. The first kappa shape index (κ1) is 12.5. The van der Waals surface area contributed by atoms with Crippen molar-refractivity contribution < 1.29 is 0 Å². The van der Waals surface area contributed by atoms with Crippen molar-refractivity contribution in [3.63, 3.8) is 0 Å². The van der Waals surface area contributed by atoms with Gasteiger partial charge >= 0.3 is 0 Å². The summed E-state index contributed by atoms with van der Waals surface area (Å²) in [4.78, 5) is 4.52. The molecule has 0 aliphatic heterocycles. The van der Waals surface area contributed by atoms with Crippen molar-refractivity contribution in [3.05, 3.63) is 35.1 Å².